The van der Waals surface area contributed by atoms with E-state index in [1.807, 2.05) is 23.5 Å². The third-order valence-corrected chi connectivity index (χ3v) is 5.31. The third kappa shape index (κ3) is 3.20. The molecule has 0 amide bonds. The van der Waals surface area contributed by atoms with E-state index in [-0.39, 0.29) is 0 Å². The van der Waals surface area contributed by atoms with Crippen LogP contribution in [0.2, 0.25) is 0 Å². The van der Waals surface area contributed by atoms with E-state index in [1.165, 1.54) is 27.8 Å². The largest absolute Gasteiger partial charge is 0.143 e. The molecule has 0 saturated heterocycles. The van der Waals surface area contributed by atoms with Crippen LogP contribution in [0.4, 0.5) is 0 Å². The highest BCUT2D eigenvalue weighted by Crippen LogP contribution is 2.39. The molecule has 0 aliphatic heterocycles. The first-order valence-electron chi connectivity index (χ1n) is 6.07. The van der Waals surface area contributed by atoms with Crippen molar-refractivity contribution in [1.82, 2.24) is 0 Å². The molecule has 0 N–H and O–H groups in total. The van der Waals surface area contributed by atoms with Crippen molar-refractivity contribution in [1.29, 1.82) is 0 Å². The average molecular weight is 262 g/mol. The molecule has 0 aromatic heterocycles. The lowest BCUT2D eigenvalue weighted by Gasteiger charge is -2.15. The molecule has 2 aromatic rings. The van der Waals surface area contributed by atoms with E-state index in [1.54, 1.807) is 0 Å². The Morgan fingerprint density at radius 1 is 0.882 bits per heavy atom. The molecule has 0 aliphatic rings. The predicted molar refractivity (Wildman–Crippen MR) is 83.0 cm³/mol. The maximum Gasteiger partial charge on any atom is 0.0751 e. The summed E-state index contributed by atoms with van der Waals surface area (Å²) in [6, 6.07) is 15.4. The van der Waals surface area contributed by atoms with Crippen LogP contribution < -0.4 is 0 Å². The Kier molecular flexibility index (Phi) is 4.81. The van der Waals surface area contributed by atoms with E-state index in [0.29, 0.717) is 4.58 Å². The van der Waals surface area contributed by atoms with Crippen LogP contribution >= 0.6 is 23.5 Å². The Balaban J connectivity index is 2.32. The van der Waals surface area contributed by atoms with Crippen molar-refractivity contribution in [3.05, 3.63) is 48.0 Å². The Morgan fingerprint density at radius 2 is 1.53 bits per heavy atom. The average Bonchev–Trinajstić information content (AvgIpc) is 2.38. The molecule has 0 nitrogen and oxygen atoms in total. The monoisotopic (exact) mass is 262 g/mol. The highest BCUT2D eigenvalue weighted by atomic mass is 32.2. The predicted octanol–water partition coefficient (Wildman–Crippen LogP) is 5.34. The number of rotatable bonds is 5. The molecule has 0 spiro atoms. The summed E-state index contributed by atoms with van der Waals surface area (Å²) in [7, 11) is 0. The molecule has 17 heavy (non-hydrogen) atoms. The van der Waals surface area contributed by atoms with Gasteiger partial charge in [0.15, 0.2) is 0 Å². The first-order valence-corrected chi connectivity index (χ1v) is 8.16. The van der Waals surface area contributed by atoms with Crippen LogP contribution in [-0.4, -0.2) is 11.5 Å². The first-order chi connectivity index (χ1) is 8.35. The summed E-state index contributed by atoms with van der Waals surface area (Å²) in [5.41, 5.74) is 1.45. The van der Waals surface area contributed by atoms with Gasteiger partial charge in [0, 0.05) is 0 Å². The lowest BCUT2D eigenvalue weighted by molar-refractivity contribution is 1.36. The van der Waals surface area contributed by atoms with E-state index in [4.69, 9.17) is 0 Å². The van der Waals surface area contributed by atoms with Crippen molar-refractivity contribution in [2.24, 2.45) is 0 Å². The van der Waals surface area contributed by atoms with Gasteiger partial charge in [-0.1, -0.05) is 50.2 Å². The quantitative estimate of drug-likeness (QED) is 0.667. The summed E-state index contributed by atoms with van der Waals surface area (Å²) in [4.78, 5) is 0. The van der Waals surface area contributed by atoms with Crippen molar-refractivity contribution >= 4 is 34.3 Å². The summed E-state index contributed by atoms with van der Waals surface area (Å²) < 4.78 is 0.578. The van der Waals surface area contributed by atoms with E-state index in [0.717, 1.165) is 0 Å². The minimum Gasteiger partial charge on any atom is -0.143 e. The molecule has 0 unspecified atom stereocenters. The summed E-state index contributed by atoms with van der Waals surface area (Å²) in [6.45, 7) is 4.46. The third-order valence-electron chi connectivity index (χ3n) is 2.68. The van der Waals surface area contributed by atoms with E-state index >= 15 is 0 Å². The summed E-state index contributed by atoms with van der Waals surface area (Å²) in [5.74, 6) is 2.34. The standard InChI is InChI=1S/C15H18S2/c1-3-16-15(17-4-2)14-10-9-12-7-5-6-8-13(12)11-14/h5-11,15H,3-4H2,1-2H3. The van der Waals surface area contributed by atoms with Gasteiger partial charge in [0.1, 0.15) is 0 Å². The molecule has 0 heterocycles. The van der Waals surface area contributed by atoms with Crippen LogP contribution in [0.15, 0.2) is 42.5 Å². The van der Waals surface area contributed by atoms with E-state index < -0.39 is 0 Å². The topological polar surface area (TPSA) is 0 Å². The Hall–Kier alpha value is -0.600. The van der Waals surface area contributed by atoms with Crippen LogP contribution in [0, 0.1) is 0 Å². The van der Waals surface area contributed by atoms with Gasteiger partial charge in [-0.05, 0) is 33.9 Å². The number of thioether (sulfide) groups is 2. The molecule has 2 heteroatoms. The van der Waals surface area contributed by atoms with Gasteiger partial charge in [0.25, 0.3) is 0 Å². The minimum absolute atomic E-state index is 0.578. The van der Waals surface area contributed by atoms with Gasteiger partial charge in [-0.2, -0.15) is 0 Å². The van der Waals surface area contributed by atoms with Crippen molar-refractivity contribution in [3.8, 4) is 0 Å². The van der Waals surface area contributed by atoms with Gasteiger partial charge in [-0.3, -0.25) is 0 Å². The maximum absolute atomic E-state index is 2.34. The SMILES string of the molecule is CCSC(SCC)c1ccc2ccccc2c1. The van der Waals surface area contributed by atoms with Crippen molar-refractivity contribution in [3.63, 3.8) is 0 Å². The molecule has 0 bridgehead atoms. The lowest BCUT2D eigenvalue weighted by Crippen LogP contribution is -1.91. The van der Waals surface area contributed by atoms with Gasteiger partial charge in [0.2, 0.25) is 0 Å². The highest BCUT2D eigenvalue weighted by molar-refractivity contribution is 8.16. The molecule has 0 aliphatic carbocycles. The molecule has 2 rings (SSSR count). The molecule has 0 fully saturated rings. The molecule has 0 saturated carbocycles. The van der Waals surface area contributed by atoms with Crippen LogP contribution in [0.25, 0.3) is 10.8 Å². The first kappa shape index (κ1) is 12.8. The van der Waals surface area contributed by atoms with E-state index in [9.17, 15) is 0 Å². The van der Waals surface area contributed by atoms with Crippen molar-refractivity contribution in [2.75, 3.05) is 11.5 Å². The number of hydrogen-bond donors (Lipinski definition) is 0. The minimum atomic E-state index is 0.578. The van der Waals surface area contributed by atoms with Crippen LogP contribution in [0.3, 0.4) is 0 Å². The fraction of sp³-hybridized carbons (Fsp3) is 0.333. The Bertz CT molecular complexity index is 473. The highest BCUT2D eigenvalue weighted by Gasteiger charge is 2.10. The van der Waals surface area contributed by atoms with Gasteiger partial charge >= 0.3 is 0 Å². The van der Waals surface area contributed by atoms with E-state index in [2.05, 4.69) is 56.3 Å². The maximum atomic E-state index is 2.34. The second-order valence-electron chi connectivity index (χ2n) is 3.85. The smallest absolute Gasteiger partial charge is 0.0751 e. The molecule has 0 radical (unpaired) electrons. The number of fused-ring (bicyclic) bond motifs is 1. The van der Waals surface area contributed by atoms with Crippen LogP contribution in [-0.2, 0) is 0 Å². The zero-order valence-corrected chi connectivity index (χ0v) is 12.0. The molecular formula is C15H18S2. The number of hydrogen-bond acceptors (Lipinski definition) is 2. The Morgan fingerprint density at radius 3 is 2.18 bits per heavy atom. The zero-order valence-electron chi connectivity index (χ0n) is 10.3. The molecule has 0 atom stereocenters. The molecular weight excluding hydrogens is 244 g/mol. The summed E-state index contributed by atoms with van der Waals surface area (Å²) in [6.07, 6.45) is 0. The lowest BCUT2D eigenvalue weighted by atomic mass is 10.1. The zero-order chi connectivity index (χ0) is 12.1. The summed E-state index contributed by atoms with van der Waals surface area (Å²) in [5, 5.41) is 2.68. The summed E-state index contributed by atoms with van der Waals surface area (Å²) >= 11 is 4.05. The normalized spacial score (nSPS) is 11.2. The van der Waals surface area contributed by atoms with Crippen molar-refractivity contribution < 1.29 is 0 Å². The number of benzene rings is 2. The van der Waals surface area contributed by atoms with Crippen LogP contribution in [0.5, 0.6) is 0 Å². The van der Waals surface area contributed by atoms with Gasteiger partial charge in [-0.15, -0.1) is 23.5 Å². The van der Waals surface area contributed by atoms with Crippen LogP contribution in [0.1, 0.15) is 24.0 Å². The molecule has 90 valence electrons. The fourth-order valence-electron chi connectivity index (χ4n) is 1.90. The fourth-order valence-corrected chi connectivity index (χ4v) is 4.38. The second-order valence-corrected chi connectivity index (χ2v) is 6.91. The van der Waals surface area contributed by atoms with Gasteiger partial charge < -0.3 is 0 Å². The molecule has 2 aromatic carbocycles. The van der Waals surface area contributed by atoms with Gasteiger partial charge in [-0.25, -0.2) is 0 Å². The Labute approximate surface area is 112 Å². The van der Waals surface area contributed by atoms with Crippen molar-refractivity contribution in [2.45, 2.75) is 18.4 Å². The van der Waals surface area contributed by atoms with Gasteiger partial charge in [0.05, 0.1) is 4.58 Å². The second kappa shape index (κ2) is 6.36.